The third-order valence-electron chi connectivity index (χ3n) is 4.76. The molecular weight excluding hydrogens is 302 g/mol. The van der Waals surface area contributed by atoms with Crippen LogP contribution in [0.15, 0.2) is 36.8 Å². The summed E-state index contributed by atoms with van der Waals surface area (Å²) in [5.74, 6) is 1.92. The number of anilines is 1. The lowest BCUT2D eigenvalue weighted by Gasteiger charge is -2.34. The minimum absolute atomic E-state index is 0.106. The third kappa shape index (κ3) is 3.39. The predicted molar refractivity (Wildman–Crippen MR) is 91.7 cm³/mol. The number of nitrogens with zero attached hydrogens (tertiary/aromatic N) is 5. The molecule has 4 rings (SSSR count). The van der Waals surface area contributed by atoms with Gasteiger partial charge in [-0.3, -0.25) is 9.88 Å². The zero-order valence-electron chi connectivity index (χ0n) is 13.8. The topological polar surface area (TPSA) is 54.4 Å². The fourth-order valence-electron chi connectivity index (χ4n) is 3.43. The average molecular weight is 325 g/mol. The number of morpholine rings is 1. The smallest absolute Gasteiger partial charge is 0.150 e. The number of hydrogen-bond donors (Lipinski definition) is 0. The highest BCUT2D eigenvalue weighted by molar-refractivity contribution is 5.38. The highest BCUT2D eigenvalue weighted by atomic mass is 16.5. The van der Waals surface area contributed by atoms with Gasteiger partial charge >= 0.3 is 0 Å². The zero-order chi connectivity index (χ0) is 16.2. The fourth-order valence-corrected chi connectivity index (χ4v) is 3.43. The molecule has 2 aromatic rings. The van der Waals surface area contributed by atoms with Crippen molar-refractivity contribution in [3.63, 3.8) is 0 Å². The van der Waals surface area contributed by atoms with Gasteiger partial charge in [0.25, 0.3) is 0 Å². The van der Waals surface area contributed by atoms with Gasteiger partial charge in [-0.15, -0.1) is 0 Å². The van der Waals surface area contributed by atoms with Crippen molar-refractivity contribution in [3.05, 3.63) is 48.2 Å². The van der Waals surface area contributed by atoms with E-state index >= 15 is 0 Å². The molecule has 0 N–H and O–H groups in total. The first-order valence-corrected chi connectivity index (χ1v) is 8.69. The van der Waals surface area contributed by atoms with Gasteiger partial charge in [0.1, 0.15) is 11.6 Å². The van der Waals surface area contributed by atoms with Crippen LogP contribution >= 0.6 is 0 Å². The van der Waals surface area contributed by atoms with E-state index in [4.69, 9.17) is 9.72 Å². The van der Waals surface area contributed by atoms with Crippen LogP contribution in [-0.4, -0.2) is 52.7 Å². The second-order valence-electron chi connectivity index (χ2n) is 6.38. The second-order valence-corrected chi connectivity index (χ2v) is 6.38. The Hall–Kier alpha value is -2.05. The summed E-state index contributed by atoms with van der Waals surface area (Å²) in [6, 6.07) is 6.25. The summed E-state index contributed by atoms with van der Waals surface area (Å²) in [6.07, 6.45) is 8.07. The van der Waals surface area contributed by atoms with Crippen LogP contribution in [0.4, 0.5) is 5.82 Å². The minimum atomic E-state index is 0.106. The van der Waals surface area contributed by atoms with Crippen LogP contribution in [-0.2, 0) is 11.3 Å². The van der Waals surface area contributed by atoms with Crippen LogP contribution in [0, 0.1) is 0 Å². The van der Waals surface area contributed by atoms with Gasteiger partial charge in [0.2, 0.25) is 0 Å². The van der Waals surface area contributed by atoms with Crippen LogP contribution in [0.5, 0.6) is 0 Å². The molecular formula is C18H23N5O. The monoisotopic (exact) mass is 325 g/mol. The average Bonchev–Trinajstić information content (AvgIpc) is 3.18. The Bertz CT molecular complexity index is 659. The molecule has 24 heavy (non-hydrogen) atoms. The van der Waals surface area contributed by atoms with Gasteiger partial charge < -0.3 is 9.64 Å². The number of pyridine rings is 1. The lowest BCUT2D eigenvalue weighted by Crippen LogP contribution is -2.40. The van der Waals surface area contributed by atoms with E-state index < -0.39 is 0 Å². The number of rotatable bonds is 4. The van der Waals surface area contributed by atoms with Crippen LogP contribution < -0.4 is 4.90 Å². The molecule has 0 saturated carbocycles. The molecule has 2 fully saturated rings. The molecule has 6 heteroatoms. The van der Waals surface area contributed by atoms with Gasteiger partial charge in [0, 0.05) is 44.8 Å². The van der Waals surface area contributed by atoms with E-state index in [1.54, 1.807) is 0 Å². The minimum Gasteiger partial charge on any atom is -0.378 e. The van der Waals surface area contributed by atoms with Crippen molar-refractivity contribution in [1.82, 2.24) is 19.9 Å². The summed E-state index contributed by atoms with van der Waals surface area (Å²) in [5, 5.41) is 0. The maximum absolute atomic E-state index is 5.72. The molecule has 6 nitrogen and oxygen atoms in total. The van der Waals surface area contributed by atoms with Gasteiger partial charge in [0.05, 0.1) is 19.3 Å². The van der Waals surface area contributed by atoms with Crippen molar-refractivity contribution >= 4 is 5.82 Å². The van der Waals surface area contributed by atoms with E-state index in [9.17, 15) is 0 Å². The maximum atomic E-state index is 5.72. The molecule has 4 heterocycles. The molecule has 2 aromatic heterocycles. The van der Waals surface area contributed by atoms with Crippen molar-refractivity contribution in [2.45, 2.75) is 25.4 Å². The molecule has 0 aliphatic carbocycles. The first kappa shape index (κ1) is 15.5. The Morgan fingerprint density at radius 1 is 1.04 bits per heavy atom. The van der Waals surface area contributed by atoms with Crippen LogP contribution in [0.3, 0.4) is 0 Å². The Labute approximate surface area is 142 Å². The quantitative estimate of drug-likeness (QED) is 0.857. The van der Waals surface area contributed by atoms with Gasteiger partial charge in [-0.1, -0.05) is 0 Å². The molecule has 0 bridgehead atoms. The van der Waals surface area contributed by atoms with Crippen LogP contribution in [0.2, 0.25) is 0 Å². The highest BCUT2D eigenvalue weighted by Gasteiger charge is 2.27. The van der Waals surface area contributed by atoms with Crippen molar-refractivity contribution in [3.8, 4) is 0 Å². The summed E-state index contributed by atoms with van der Waals surface area (Å²) in [4.78, 5) is 18.3. The van der Waals surface area contributed by atoms with E-state index in [0.29, 0.717) is 6.61 Å². The standard InChI is InChI=1S/C18H23N5O/c1-2-10-22(9-1)17-5-8-20-18(21-17)16-14-24-12-11-23(16)13-15-3-6-19-7-4-15/h3-8,16H,1-2,9-14H2. The molecule has 0 spiro atoms. The van der Waals surface area contributed by atoms with E-state index in [-0.39, 0.29) is 6.04 Å². The van der Waals surface area contributed by atoms with E-state index in [0.717, 1.165) is 44.4 Å². The summed E-state index contributed by atoms with van der Waals surface area (Å²) in [7, 11) is 0. The zero-order valence-corrected chi connectivity index (χ0v) is 13.8. The van der Waals surface area contributed by atoms with Gasteiger partial charge in [-0.2, -0.15) is 0 Å². The molecule has 0 radical (unpaired) electrons. The molecule has 2 aliphatic heterocycles. The lowest BCUT2D eigenvalue weighted by atomic mass is 10.1. The van der Waals surface area contributed by atoms with Gasteiger partial charge in [-0.05, 0) is 36.6 Å². The number of hydrogen-bond acceptors (Lipinski definition) is 6. The Kier molecular flexibility index (Phi) is 4.66. The summed E-state index contributed by atoms with van der Waals surface area (Å²) < 4.78 is 5.72. The summed E-state index contributed by atoms with van der Waals surface area (Å²) >= 11 is 0. The van der Waals surface area contributed by atoms with E-state index in [1.807, 2.05) is 24.7 Å². The van der Waals surface area contributed by atoms with Crippen molar-refractivity contribution in [1.29, 1.82) is 0 Å². The van der Waals surface area contributed by atoms with Crippen molar-refractivity contribution in [2.24, 2.45) is 0 Å². The number of ether oxygens (including phenoxy) is 1. The van der Waals surface area contributed by atoms with Gasteiger partial charge in [0.15, 0.2) is 0 Å². The normalized spacial score (nSPS) is 22.0. The first-order valence-electron chi connectivity index (χ1n) is 8.69. The predicted octanol–water partition coefficient (Wildman–Crippen LogP) is 2.05. The van der Waals surface area contributed by atoms with Crippen LogP contribution in [0.1, 0.15) is 30.3 Å². The SMILES string of the molecule is c1cc(CN2CCOCC2c2nccc(N3CCCC3)n2)ccn1. The third-order valence-corrected chi connectivity index (χ3v) is 4.76. The van der Waals surface area contributed by atoms with E-state index in [2.05, 4.69) is 31.9 Å². The molecule has 2 saturated heterocycles. The molecule has 0 aromatic carbocycles. The first-order chi connectivity index (χ1) is 11.9. The van der Waals surface area contributed by atoms with Crippen LogP contribution in [0.25, 0.3) is 0 Å². The highest BCUT2D eigenvalue weighted by Crippen LogP contribution is 2.25. The molecule has 0 amide bonds. The molecule has 126 valence electrons. The largest absolute Gasteiger partial charge is 0.378 e. The molecule has 1 atom stereocenters. The Morgan fingerprint density at radius 3 is 2.71 bits per heavy atom. The van der Waals surface area contributed by atoms with Gasteiger partial charge in [-0.25, -0.2) is 9.97 Å². The Morgan fingerprint density at radius 2 is 1.88 bits per heavy atom. The maximum Gasteiger partial charge on any atom is 0.150 e. The molecule has 2 aliphatic rings. The Balaban J connectivity index is 1.55. The van der Waals surface area contributed by atoms with Crippen molar-refractivity contribution < 1.29 is 4.74 Å². The van der Waals surface area contributed by atoms with Crippen molar-refractivity contribution in [2.75, 3.05) is 37.7 Å². The van der Waals surface area contributed by atoms with E-state index in [1.165, 1.54) is 18.4 Å². The molecule has 1 unspecified atom stereocenters. The number of aromatic nitrogens is 3. The summed E-state index contributed by atoms with van der Waals surface area (Å²) in [6.45, 7) is 5.36. The second kappa shape index (κ2) is 7.23. The lowest BCUT2D eigenvalue weighted by molar-refractivity contribution is -0.0159. The fraction of sp³-hybridized carbons (Fsp3) is 0.500. The summed E-state index contributed by atoms with van der Waals surface area (Å²) in [5.41, 5.74) is 1.26.